The molecule has 70 valence electrons. The number of hydrogen-bond donors (Lipinski definition) is 0. The summed E-state index contributed by atoms with van der Waals surface area (Å²) in [6.07, 6.45) is 2.78. The molecule has 0 N–H and O–H groups in total. The minimum Gasteiger partial charge on any atom is -0.502 e. The van der Waals surface area contributed by atoms with Crippen molar-refractivity contribution >= 4 is 5.78 Å². The lowest BCUT2D eigenvalue weighted by Crippen LogP contribution is -2.20. The minimum absolute atomic E-state index is 0.214. The highest BCUT2D eigenvalue weighted by molar-refractivity contribution is 5.83. The molecule has 0 atom stereocenters. The molecule has 0 amide bonds. The van der Waals surface area contributed by atoms with Crippen molar-refractivity contribution in [3.63, 3.8) is 0 Å². The molecular formula is C10H18O2. The highest BCUT2D eigenvalue weighted by atomic mass is 16.5. The summed E-state index contributed by atoms with van der Waals surface area (Å²) in [5.41, 5.74) is -0.214. The molecule has 0 aliphatic heterocycles. The first-order valence-corrected chi connectivity index (χ1v) is 4.24. The third kappa shape index (κ3) is 4.94. The van der Waals surface area contributed by atoms with Crippen LogP contribution >= 0.6 is 0 Å². The van der Waals surface area contributed by atoms with Gasteiger partial charge in [0, 0.05) is 11.8 Å². The molecule has 0 spiro atoms. The van der Waals surface area contributed by atoms with Gasteiger partial charge < -0.3 is 4.74 Å². The molecule has 0 aromatic rings. The van der Waals surface area contributed by atoms with Gasteiger partial charge in [-0.2, -0.15) is 0 Å². The lowest BCUT2D eigenvalue weighted by Gasteiger charge is -2.15. The van der Waals surface area contributed by atoms with E-state index in [-0.39, 0.29) is 11.2 Å². The summed E-state index contributed by atoms with van der Waals surface area (Å²) in [5.74, 6) is 0.287. The van der Waals surface area contributed by atoms with Crippen molar-refractivity contribution in [2.75, 3.05) is 6.61 Å². The van der Waals surface area contributed by atoms with Crippen molar-refractivity contribution in [3.8, 4) is 0 Å². The van der Waals surface area contributed by atoms with Gasteiger partial charge in [0.1, 0.15) is 5.78 Å². The highest BCUT2D eigenvalue weighted by Crippen LogP contribution is 2.17. The summed E-state index contributed by atoms with van der Waals surface area (Å²) in [4.78, 5) is 11.3. The standard InChI is InChI=1S/C10H18O2/c1-5-12-8-6-7-9(11)10(2,3)4/h5H,1,6-8H2,2-4H3. The van der Waals surface area contributed by atoms with Gasteiger partial charge in [0.05, 0.1) is 12.9 Å². The van der Waals surface area contributed by atoms with E-state index in [2.05, 4.69) is 6.58 Å². The zero-order valence-corrected chi connectivity index (χ0v) is 8.22. The molecule has 0 aromatic carbocycles. The Morgan fingerprint density at radius 1 is 1.50 bits per heavy atom. The van der Waals surface area contributed by atoms with Gasteiger partial charge in [0.2, 0.25) is 0 Å². The number of carbonyl (C=O) groups is 1. The third-order valence-corrected chi connectivity index (χ3v) is 1.62. The minimum atomic E-state index is -0.214. The molecular weight excluding hydrogens is 152 g/mol. The van der Waals surface area contributed by atoms with E-state index >= 15 is 0 Å². The van der Waals surface area contributed by atoms with E-state index in [1.165, 1.54) is 6.26 Å². The van der Waals surface area contributed by atoms with Crippen molar-refractivity contribution in [1.29, 1.82) is 0 Å². The predicted molar refractivity (Wildman–Crippen MR) is 49.8 cm³/mol. The van der Waals surface area contributed by atoms with Gasteiger partial charge in [-0.1, -0.05) is 27.4 Å². The summed E-state index contributed by atoms with van der Waals surface area (Å²) in [7, 11) is 0. The Morgan fingerprint density at radius 2 is 2.08 bits per heavy atom. The maximum absolute atomic E-state index is 11.3. The molecule has 2 nitrogen and oxygen atoms in total. The summed E-state index contributed by atoms with van der Waals surface area (Å²) < 4.78 is 4.91. The van der Waals surface area contributed by atoms with Crippen LogP contribution < -0.4 is 0 Å². The molecule has 0 aliphatic carbocycles. The van der Waals surface area contributed by atoms with Gasteiger partial charge >= 0.3 is 0 Å². The largest absolute Gasteiger partial charge is 0.502 e. The topological polar surface area (TPSA) is 26.3 Å². The van der Waals surface area contributed by atoms with Crippen LogP contribution in [0.2, 0.25) is 0 Å². The molecule has 12 heavy (non-hydrogen) atoms. The highest BCUT2D eigenvalue weighted by Gasteiger charge is 2.19. The van der Waals surface area contributed by atoms with Crippen LogP contribution in [0.5, 0.6) is 0 Å². The van der Waals surface area contributed by atoms with E-state index in [1.807, 2.05) is 20.8 Å². The zero-order chi connectivity index (χ0) is 9.61. The molecule has 0 unspecified atom stereocenters. The average molecular weight is 170 g/mol. The maximum atomic E-state index is 11.3. The molecule has 0 heterocycles. The molecule has 0 fully saturated rings. The van der Waals surface area contributed by atoms with Crippen molar-refractivity contribution in [3.05, 3.63) is 12.8 Å². The van der Waals surface area contributed by atoms with Crippen molar-refractivity contribution in [2.45, 2.75) is 33.6 Å². The van der Waals surface area contributed by atoms with Crippen molar-refractivity contribution in [1.82, 2.24) is 0 Å². The Morgan fingerprint density at radius 3 is 2.50 bits per heavy atom. The van der Waals surface area contributed by atoms with Gasteiger partial charge in [0.15, 0.2) is 0 Å². The monoisotopic (exact) mass is 170 g/mol. The third-order valence-electron chi connectivity index (χ3n) is 1.62. The predicted octanol–water partition coefficient (Wildman–Crippen LogP) is 2.54. The van der Waals surface area contributed by atoms with Gasteiger partial charge in [-0.05, 0) is 6.42 Å². The van der Waals surface area contributed by atoms with E-state index in [0.29, 0.717) is 13.0 Å². The number of ether oxygens (including phenoxy) is 1. The number of hydrogen-bond acceptors (Lipinski definition) is 2. The van der Waals surface area contributed by atoms with E-state index < -0.39 is 0 Å². The molecule has 0 aliphatic rings. The van der Waals surface area contributed by atoms with E-state index in [0.717, 1.165) is 6.42 Å². The first-order chi connectivity index (χ1) is 5.48. The second-order valence-electron chi connectivity index (χ2n) is 3.81. The summed E-state index contributed by atoms with van der Waals surface area (Å²) in [5, 5.41) is 0. The number of Topliss-reactive ketones (excluding diaryl/α,β-unsaturated/α-hetero) is 1. The van der Waals surface area contributed by atoms with Crippen LogP contribution in [0, 0.1) is 5.41 Å². The fourth-order valence-corrected chi connectivity index (χ4v) is 0.774. The van der Waals surface area contributed by atoms with Crippen LogP contribution in [0.3, 0.4) is 0 Å². The molecule has 0 saturated carbocycles. The van der Waals surface area contributed by atoms with Crippen LogP contribution in [0.15, 0.2) is 12.8 Å². The van der Waals surface area contributed by atoms with Gasteiger partial charge in [-0.3, -0.25) is 4.79 Å². The smallest absolute Gasteiger partial charge is 0.138 e. The van der Waals surface area contributed by atoms with Crippen LogP contribution in [0.4, 0.5) is 0 Å². The fourth-order valence-electron chi connectivity index (χ4n) is 0.774. The summed E-state index contributed by atoms with van der Waals surface area (Å²) in [6.45, 7) is 9.81. The lowest BCUT2D eigenvalue weighted by atomic mass is 9.88. The van der Waals surface area contributed by atoms with Crippen molar-refractivity contribution < 1.29 is 9.53 Å². The number of rotatable bonds is 5. The Hall–Kier alpha value is -0.790. The first kappa shape index (κ1) is 11.2. The summed E-state index contributed by atoms with van der Waals surface area (Å²) >= 11 is 0. The molecule has 0 aromatic heterocycles. The molecule has 2 heteroatoms. The average Bonchev–Trinajstić information content (AvgIpc) is 1.96. The molecule has 0 bridgehead atoms. The molecule has 0 saturated heterocycles. The van der Waals surface area contributed by atoms with E-state index in [4.69, 9.17) is 4.74 Å². The van der Waals surface area contributed by atoms with E-state index in [1.54, 1.807) is 0 Å². The Bertz CT molecular complexity index is 154. The molecule has 0 rings (SSSR count). The van der Waals surface area contributed by atoms with Gasteiger partial charge in [0.25, 0.3) is 0 Å². The number of carbonyl (C=O) groups excluding carboxylic acids is 1. The Balaban J connectivity index is 3.51. The zero-order valence-electron chi connectivity index (χ0n) is 8.22. The van der Waals surface area contributed by atoms with Crippen LogP contribution in [-0.4, -0.2) is 12.4 Å². The second-order valence-corrected chi connectivity index (χ2v) is 3.81. The van der Waals surface area contributed by atoms with Crippen molar-refractivity contribution in [2.24, 2.45) is 5.41 Å². The maximum Gasteiger partial charge on any atom is 0.138 e. The number of ketones is 1. The van der Waals surface area contributed by atoms with E-state index in [9.17, 15) is 4.79 Å². The first-order valence-electron chi connectivity index (χ1n) is 4.24. The fraction of sp³-hybridized carbons (Fsp3) is 0.700. The van der Waals surface area contributed by atoms with Gasteiger partial charge in [-0.25, -0.2) is 0 Å². The quantitative estimate of drug-likeness (QED) is 0.468. The molecule has 0 radical (unpaired) electrons. The van der Waals surface area contributed by atoms with Crippen LogP contribution in [-0.2, 0) is 9.53 Å². The van der Waals surface area contributed by atoms with Gasteiger partial charge in [-0.15, -0.1) is 0 Å². The normalized spacial score (nSPS) is 10.9. The van der Waals surface area contributed by atoms with Crippen LogP contribution in [0.1, 0.15) is 33.6 Å². The SMILES string of the molecule is C=COCCCC(=O)C(C)(C)C. The second kappa shape index (κ2) is 4.96. The summed E-state index contributed by atoms with van der Waals surface area (Å²) in [6, 6.07) is 0. The Labute approximate surface area is 74.6 Å². The van der Waals surface area contributed by atoms with Crippen LogP contribution in [0.25, 0.3) is 0 Å². The Kier molecular flexibility index (Phi) is 4.64. The lowest BCUT2D eigenvalue weighted by molar-refractivity contribution is -0.126.